The summed E-state index contributed by atoms with van der Waals surface area (Å²) in [5.74, 6) is 0.768. The van der Waals surface area contributed by atoms with Gasteiger partial charge in [0.05, 0.1) is 0 Å². The molecule has 1 aliphatic carbocycles. The number of rotatable bonds is 4. The predicted octanol–water partition coefficient (Wildman–Crippen LogP) is 1.39. The molecule has 5 N–H and O–H groups in total. The Morgan fingerprint density at radius 3 is 2.50 bits per heavy atom. The lowest BCUT2D eigenvalue weighted by Crippen LogP contribution is -2.61. The van der Waals surface area contributed by atoms with Crippen LogP contribution in [0.3, 0.4) is 0 Å². The molecule has 0 saturated heterocycles. The lowest BCUT2D eigenvalue weighted by molar-refractivity contribution is 0.208. The van der Waals surface area contributed by atoms with Gasteiger partial charge in [-0.2, -0.15) is 0 Å². The summed E-state index contributed by atoms with van der Waals surface area (Å²) in [7, 11) is 0. The van der Waals surface area contributed by atoms with Crippen molar-refractivity contribution in [2.24, 2.45) is 16.8 Å². The average Bonchev–Trinajstić information content (AvgIpc) is 2.38. The van der Waals surface area contributed by atoms with Gasteiger partial charge in [-0.1, -0.05) is 18.5 Å². The van der Waals surface area contributed by atoms with Crippen LogP contribution in [0, 0.1) is 5.92 Å². The van der Waals surface area contributed by atoms with Crippen LogP contribution in [0.2, 0.25) is 0 Å². The van der Waals surface area contributed by atoms with Crippen LogP contribution >= 0.6 is 0 Å². The summed E-state index contributed by atoms with van der Waals surface area (Å²) in [6.45, 7) is 4.57. The van der Waals surface area contributed by atoms with E-state index in [1.165, 1.54) is 0 Å². The fourth-order valence-corrected chi connectivity index (χ4v) is 2.54. The Morgan fingerprint density at radius 2 is 2.06 bits per heavy atom. The minimum Gasteiger partial charge on any atom is -0.409 e. The normalized spacial score (nSPS) is 28.8. The smallest absolute Gasteiger partial charge is 0.315 e. The Kier molecular flexibility index (Phi) is 5.25. The monoisotopic (exact) mass is 256 g/mol. The zero-order valence-electron chi connectivity index (χ0n) is 11.2. The lowest BCUT2D eigenvalue weighted by atomic mass is 9.75. The Balaban J connectivity index is 2.75. The minimum absolute atomic E-state index is 0.100. The van der Waals surface area contributed by atoms with Crippen molar-refractivity contribution in [1.82, 2.24) is 10.6 Å². The van der Waals surface area contributed by atoms with Crippen LogP contribution in [0.1, 0.15) is 46.0 Å². The van der Waals surface area contributed by atoms with Crippen molar-refractivity contribution >= 4 is 11.9 Å². The molecule has 1 rings (SSSR count). The van der Waals surface area contributed by atoms with Crippen LogP contribution in [-0.2, 0) is 0 Å². The van der Waals surface area contributed by atoms with E-state index in [-0.39, 0.29) is 11.9 Å². The molecule has 6 heteroatoms. The van der Waals surface area contributed by atoms with Gasteiger partial charge in [0.25, 0.3) is 0 Å². The summed E-state index contributed by atoms with van der Waals surface area (Å²) in [4.78, 5) is 11.7. The number of nitrogens with two attached hydrogens (primary N) is 1. The maximum absolute atomic E-state index is 11.7. The van der Waals surface area contributed by atoms with E-state index < -0.39 is 5.54 Å². The Labute approximate surface area is 108 Å². The third kappa shape index (κ3) is 3.27. The molecule has 6 nitrogen and oxygen atoms in total. The minimum atomic E-state index is -0.695. The van der Waals surface area contributed by atoms with Gasteiger partial charge in [-0.25, -0.2) is 4.79 Å². The number of nitrogens with zero attached hydrogens (tertiary/aromatic N) is 1. The molecule has 2 amide bonds. The molecule has 1 fully saturated rings. The van der Waals surface area contributed by atoms with Crippen LogP contribution in [0.4, 0.5) is 4.79 Å². The molecule has 0 aromatic heterocycles. The maximum Gasteiger partial charge on any atom is 0.315 e. The summed E-state index contributed by atoms with van der Waals surface area (Å²) in [6.07, 6.45) is 4.54. The molecule has 0 aliphatic heterocycles. The van der Waals surface area contributed by atoms with Gasteiger partial charge >= 0.3 is 6.03 Å². The van der Waals surface area contributed by atoms with Gasteiger partial charge in [0.15, 0.2) is 5.84 Å². The van der Waals surface area contributed by atoms with E-state index in [0.29, 0.717) is 12.5 Å². The van der Waals surface area contributed by atoms with Gasteiger partial charge < -0.3 is 21.6 Å². The molecule has 0 heterocycles. The molecular weight excluding hydrogens is 232 g/mol. The van der Waals surface area contributed by atoms with Crippen LogP contribution in [0.25, 0.3) is 0 Å². The summed E-state index contributed by atoms with van der Waals surface area (Å²) in [5, 5.41) is 17.6. The first kappa shape index (κ1) is 14.6. The molecule has 0 bridgehead atoms. The SMILES string of the molecule is CCNC(=O)NC1(/C(N)=N/O)CCC(CC)CC1. The van der Waals surface area contributed by atoms with E-state index in [4.69, 9.17) is 10.9 Å². The first-order valence-electron chi connectivity index (χ1n) is 6.62. The zero-order chi connectivity index (χ0) is 13.6. The zero-order valence-corrected chi connectivity index (χ0v) is 11.2. The highest BCUT2D eigenvalue weighted by atomic mass is 16.4. The lowest BCUT2D eigenvalue weighted by Gasteiger charge is -2.39. The number of carbonyl (C=O) groups excluding carboxylic acids is 1. The van der Waals surface area contributed by atoms with Gasteiger partial charge in [-0.15, -0.1) is 0 Å². The largest absolute Gasteiger partial charge is 0.409 e. The summed E-state index contributed by atoms with van der Waals surface area (Å²) in [5.41, 5.74) is 5.08. The van der Waals surface area contributed by atoms with E-state index in [1.54, 1.807) is 0 Å². The highest BCUT2D eigenvalue weighted by Crippen LogP contribution is 2.33. The van der Waals surface area contributed by atoms with Crippen molar-refractivity contribution in [3.8, 4) is 0 Å². The fourth-order valence-electron chi connectivity index (χ4n) is 2.54. The Bertz CT molecular complexity index is 309. The Hall–Kier alpha value is -1.46. The van der Waals surface area contributed by atoms with E-state index in [0.717, 1.165) is 32.1 Å². The Morgan fingerprint density at radius 1 is 1.44 bits per heavy atom. The summed E-state index contributed by atoms with van der Waals surface area (Å²) < 4.78 is 0. The van der Waals surface area contributed by atoms with E-state index in [1.807, 2.05) is 6.92 Å². The topological polar surface area (TPSA) is 99.7 Å². The number of amidine groups is 1. The van der Waals surface area contributed by atoms with Crippen LogP contribution < -0.4 is 16.4 Å². The van der Waals surface area contributed by atoms with Gasteiger partial charge in [0, 0.05) is 6.54 Å². The second kappa shape index (κ2) is 6.47. The highest BCUT2D eigenvalue weighted by Gasteiger charge is 2.40. The van der Waals surface area contributed by atoms with Gasteiger partial charge in [-0.05, 0) is 38.5 Å². The first-order valence-corrected chi connectivity index (χ1v) is 6.62. The highest BCUT2D eigenvalue weighted by molar-refractivity contribution is 5.93. The fraction of sp³-hybridized carbons (Fsp3) is 0.833. The van der Waals surface area contributed by atoms with E-state index in [2.05, 4.69) is 22.7 Å². The van der Waals surface area contributed by atoms with Crippen LogP contribution in [0.5, 0.6) is 0 Å². The second-order valence-electron chi connectivity index (χ2n) is 4.90. The molecule has 0 aromatic carbocycles. The van der Waals surface area contributed by atoms with E-state index in [9.17, 15) is 4.79 Å². The number of urea groups is 1. The summed E-state index contributed by atoms with van der Waals surface area (Å²) in [6, 6.07) is -0.265. The third-order valence-corrected chi connectivity index (χ3v) is 3.82. The van der Waals surface area contributed by atoms with Crippen molar-refractivity contribution in [1.29, 1.82) is 0 Å². The molecule has 18 heavy (non-hydrogen) atoms. The molecule has 0 aromatic rings. The standard InChI is InChI=1S/C12H24N4O2/c1-3-9-5-7-12(8-6-9,10(13)16-18)15-11(17)14-4-2/h9,18H,3-8H2,1-2H3,(H2,13,16)(H2,14,15,17). The van der Waals surface area contributed by atoms with Crippen molar-refractivity contribution in [3.63, 3.8) is 0 Å². The molecule has 1 aliphatic rings. The van der Waals surface area contributed by atoms with Gasteiger partial charge in [0.2, 0.25) is 0 Å². The number of hydrogen-bond donors (Lipinski definition) is 4. The average molecular weight is 256 g/mol. The van der Waals surface area contributed by atoms with Crippen molar-refractivity contribution in [2.45, 2.75) is 51.5 Å². The number of hydrogen-bond acceptors (Lipinski definition) is 3. The predicted molar refractivity (Wildman–Crippen MR) is 70.6 cm³/mol. The van der Waals surface area contributed by atoms with Crippen molar-refractivity contribution in [2.75, 3.05) is 6.54 Å². The van der Waals surface area contributed by atoms with E-state index >= 15 is 0 Å². The molecule has 104 valence electrons. The molecular formula is C12H24N4O2. The molecule has 0 spiro atoms. The molecule has 0 atom stereocenters. The van der Waals surface area contributed by atoms with Crippen LogP contribution in [-0.4, -0.2) is 29.2 Å². The van der Waals surface area contributed by atoms with Crippen LogP contribution in [0.15, 0.2) is 5.16 Å². The van der Waals surface area contributed by atoms with Gasteiger partial charge in [-0.3, -0.25) is 0 Å². The number of oxime groups is 1. The van der Waals surface area contributed by atoms with Crippen molar-refractivity contribution in [3.05, 3.63) is 0 Å². The second-order valence-corrected chi connectivity index (χ2v) is 4.90. The third-order valence-electron chi connectivity index (χ3n) is 3.82. The number of carbonyl (C=O) groups is 1. The number of amides is 2. The molecule has 1 saturated carbocycles. The van der Waals surface area contributed by atoms with Gasteiger partial charge in [0.1, 0.15) is 5.54 Å². The molecule has 0 unspecified atom stereocenters. The number of nitrogens with one attached hydrogen (secondary N) is 2. The summed E-state index contributed by atoms with van der Waals surface area (Å²) >= 11 is 0. The quantitative estimate of drug-likeness (QED) is 0.265. The maximum atomic E-state index is 11.7. The first-order chi connectivity index (χ1) is 8.57. The van der Waals surface area contributed by atoms with Crippen molar-refractivity contribution < 1.29 is 10.0 Å². The molecule has 0 radical (unpaired) electrons.